The first kappa shape index (κ1) is 18.8. The minimum atomic E-state index is -0.546. The Morgan fingerprint density at radius 3 is 2.48 bits per heavy atom. The van der Waals surface area contributed by atoms with E-state index in [2.05, 4.69) is 28.8 Å². The first-order chi connectivity index (χ1) is 11.8. The van der Waals surface area contributed by atoms with Crippen molar-refractivity contribution in [2.75, 3.05) is 6.54 Å². The Balaban J connectivity index is 1.87. The van der Waals surface area contributed by atoms with Gasteiger partial charge in [0.2, 0.25) is 5.91 Å². The fraction of sp³-hybridized carbons (Fsp3) is 0.400. The molecule has 0 aliphatic heterocycles. The van der Waals surface area contributed by atoms with Crippen LogP contribution in [0.2, 0.25) is 0 Å². The summed E-state index contributed by atoms with van der Waals surface area (Å²) in [6.07, 6.45) is -0.309. The minimum absolute atomic E-state index is 0.111. The number of carbonyl (C=O) groups is 2. The average Bonchev–Trinajstić information content (AvgIpc) is 2.52. The Labute approximate surface area is 148 Å². The Hall–Kier alpha value is -2.56. The number of rotatable bonds is 5. The van der Waals surface area contributed by atoms with Gasteiger partial charge >= 0.3 is 6.09 Å². The molecule has 0 fully saturated rings. The van der Waals surface area contributed by atoms with Gasteiger partial charge in [-0.1, -0.05) is 42.5 Å². The number of benzene rings is 2. The Kier molecular flexibility index (Phi) is 6.02. The third-order valence-electron chi connectivity index (χ3n) is 3.69. The molecule has 2 N–H and O–H groups in total. The van der Waals surface area contributed by atoms with Crippen LogP contribution in [0.4, 0.5) is 4.79 Å². The summed E-state index contributed by atoms with van der Waals surface area (Å²) in [7, 11) is 0. The summed E-state index contributed by atoms with van der Waals surface area (Å²) in [4.78, 5) is 23.7. The molecule has 0 heterocycles. The second-order valence-electron chi connectivity index (χ2n) is 7.04. The molecule has 0 saturated heterocycles. The van der Waals surface area contributed by atoms with E-state index in [1.807, 2.05) is 31.2 Å². The number of hydrogen-bond acceptors (Lipinski definition) is 3. The number of ether oxygens (including phenoxy) is 1. The van der Waals surface area contributed by atoms with Crippen LogP contribution in [-0.4, -0.2) is 24.1 Å². The van der Waals surface area contributed by atoms with Crippen LogP contribution in [0.3, 0.4) is 0 Å². The van der Waals surface area contributed by atoms with Gasteiger partial charge < -0.3 is 15.4 Å². The summed E-state index contributed by atoms with van der Waals surface area (Å²) in [6.45, 7) is 7.59. The van der Waals surface area contributed by atoms with Crippen LogP contribution < -0.4 is 10.6 Å². The van der Waals surface area contributed by atoms with Gasteiger partial charge in [-0.15, -0.1) is 0 Å². The quantitative estimate of drug-likeness (QED) is 0.865. The van der Waals surface area contributed by atoms with E-state index < -0.39 is 11.7 Å². The fourth-order valence-electron chi connectivity index (χ4n) is 2.61. The van der Waals surface area contributed by atoms with Crippen molar-refractivity contribution in [3.8, 4) is 0 Å². The number of hydrogen-bond donors (Lipinski definition) is 2. The van der Waals surface area contributed by atoms with Crippen LogP contribution in [0.15, 0.2) is 42.5 Å². The zero-order chi connectivity index (χ0) is 18.4. The van der Waals surface area contributed by atoms with Gasteiger partial charge in [0.15, 0.2) is 0 Å². The van der Waals surface area contributed by atoms with Crippen molar-refractivity contribution in [1.29, 1.82) is 0 Å². The molecule has 5 nitrogen and oxygen atoms in total. The van der Waals surface area contributed by atoms with Crippen molar-refractivity contribution in [1.82, 2.24) is 10.6 Å². The van der Waals surface area contributed by atoms with E-state index in [1.54, 1.807) is 20.8 Å². The SMILES string of the molecule is CC(NC(=O)CCNC(=O)OC(C)(C)C)c1cccc2ccccc12. The first-order valence-electron chi connectivity index (χ1n) is 8.50. The predicted octanol–water partition coefficient (Wildman–Crippen LogP) is 3.93. The Morgan fingerprint density at radius 2 is 1.76 bits per heavy atom. The highest BCUT2D eigenvalue weighted by atomic mass is 16.6. The smallest absolute Gasteiger partial charge is 0.407 e. The summed E-state index contributed by atoms with van der Waals surface area (Å²) >= 11 is 0. The van der Waals surface area contributed by atoms with E-state index in [1.165, 1.54) is 0 Å². The normalized spacial score (nSPS) is 12.5. The van der Waals surface area contributed by atoms with Crippen molar-refractivity contribution >= 4 is 22.8 Å². The van der Waals surface area contributed by atoms with Gasteiger partial charge in [0.05, 0.1) is 6.04 Å². The highest BCUT2D eigenvalue weighted by molar-refractivity contribution is 5.87. The Morgan fingerprint density at radius 1 is 1.08 bits per heavy atom. The van der Waals surface area contributed by atoms with Gasteiger partial charge in [0.1, 0.15) is 5.60 Å². The molecule has 0 radical (unpaired) electrons. The van der Waals surface area contributed by atoms with Crippen LogP contribution in [0, 0.1) is 0 Å². The zero-order valence-electron chi connectivity index (χ0n) is 15.3. The fourth-order valence-corrected chi connectivity index (χ4v) is 2.61. The molecular formula is C20H26N2O3. The lowest BCUT2D eigenvalue weighted by Crippen LogP contribution is -2.35. The molecule has 0 aliphatic rings. The second-order valence-corrected chi connectivity index (χ2v) is 7.04. The Bertz CT molecular complexity index is 745. The van der Waals surface area contributed by atoms with Gasteiger partial charge in [-0.05, 0) is 44.0 Å². The lowest BCUT2D eigenvalue weighted by atomic mass is 9.99. The maximum Gasteiger partial charge on any atom is 0.407 e. The van der Waals surface area contributed by atoms with E-state index in [4.69, 9.17) is 4.74 Å². The molecule has 134 valence electrons. The van der Waals surface area contributed by atoms with Crippen molar-refractivity contribution < 1.29 is 14.3 Å². The molecule has 0 saturated carbocycles. The summed E-state index contributed by atoms with van der Waals surface area (Å²) < 4.78 is 5.14. The minimum Gasteiger partial charge on any atom is -0.444 e. The summed E-state index contributed by atoms with van der Waals surface area (Å²) in [6, 6.07) is 14.0. The average molecular weight is 342 g/mol. The maximum atomic E-state index is 12.1. The van der Waals surface area contributed by atoms with Gasteiger partial charge in [0, 0.05) is 13.0 Å². The number of carbonyl (C=O) groups excluding carboxylic acids is 2. The standard InChI is InChI=1S/C20H26N2O3/c1-14(16-11-7-9-15-8-5-6-10-17(15)16)22-18(23)12-13-21-19(24)25-20(2,3)4/h5-11,14H,12-13H2,1-4H3,(H,21,24)(H,22,23). The van der Waals surface area contributed by atoms with E-state index in [0.29, 0.717) is 0 Å². The molecule has 2 rings (SSSR count). The molecule has 0 aromatic heterocycles. The van der Waals surface area contributed by atoms with Gasteiger partial charge in [-0.2, -0.15) is 0 Å². The summed E-state index contributed by atoms with van der Waals surface area (Å²) in [5.74, 6) is -0.114. The number of fused-ring (bicyclic) bond motifs is 1. The van der Waals surface area contributed by atoms with Crippen molar-refractivity contribution in [2.45, 2.75) is 45.8 Å². The molecule has 1 atom stereocenters. The number of nitrogens with one attached hydrogen (secondary N) is 2. The molecule has 1 unspecified atom stereocenters. The summed E-state index contributed by atoms with van der Waals surface area (Å²) in [5.41, 5.74) is 0.529. The second kappa shape index (κ2) is 8.01. The first-order valence-corrected chi connectivity index (χ1v) is 8.50. The maximum absolute atomic E-state index is 12.1. The highest BCUT2D eigenvalue weighted by Crippen LogP contribution is 2.23. The zero-order valence-corrected chi connectivity index (χ0v) is 15.3. The van der Waals surface area contributed by atoms with Crippen LogP contribution in [-0.2, 0) is 9.53 Å². The van der Waals surface area contributed by atoms with Gasteiger partial charge in [-0.3, -0.25) is 4.79 Å². The topological polar surface area (TPSA) is 67.4 Å². The monoisotopic (exact) mass is 342 g/mol. The van der Waals surface area contributed by atoms with Crippen LogP contribution in [0.25, 0.3) is 10.8 Å². The van der Waals surface area contributed by atoms with Gasteiger partial charge in [0.25, 0.3) is 0 Å². The van der Waals surface area contributed by atoms with E-state index in [0.717, 1.165) is 16.3 Å². The molecule has 0 bridgehead atoms. The lowest BCUT2D eigenvalue weighted by molar-refractivity contribution is -0.121. The highest BCUT2D eigenvalue weighted by Gasteiger charge is 2.16. The molecule has 0 spiro atoms. The molecule has 2 aromatic rings. The molecule has 0 aliphatic carbocycles. The summed E-state index contributed by atoms with van der Waals surface area (Å²) in [5, 5.41) is 7.85. The van der Waals surface area contributed by atoms with Gasteiger partial charge in [-0.25, -0.2) is 4.79 Å². The van der Waals surface area contributed by atoms with E-state index >= 15 is 0 Å². The molecule has 5 heteroatoms. The van der Waals surface area contributed by atoms with Crippen molar-refractivity contribution in [2.24, 2.45) is 0 Å². The largest absolute Gasteiger partial charge is 0.444 e. The van der Waals surface area contributed by atoms with Crippen LogP contribution in [0.5, 0.6) is 0 Å². The van der Waals surface area contributed by atoms with Crippen LogP contribution >= 0.6 is 0 Å². The third kappa shape index (κ3) is 5.78. The van der Waals surface area contributed by atoms with E-state index in [-0.39, 0.29) is 24.9 Å². The van der Waals surface area contributed by atoms with E-state index in [9.17, 15) is 9.59 Å². The molecule has 2 aromatic carbocycles. The molecular weight excluding hydrogens is 316 g/mol. The number of alkyl carbamates (subject to hydrolysis) is 1. The number of amides is 2. The molecule has 25 heavy (non-hydrogen) atoms. The van der Waals surface area contributed by atoms with Crippen LogP contribution in [0.1, 0.15) is 45.7 Å². The predicted molar refractivity (Wildman–Crippen MR) is 99.4 cm³/mol. The third-order valence-corrected chi connectivity index (χ3v) is 3.69. The van der Waals surface area contributed by atoms with Crippen molar-refractivity contribution in [3.63, 3.8) is 0 Å². The molecule has 2 amide bonds. The van der Waals surface area contributed by atoms with Crippen molar-refractivity contribution in [3.05, 3.63) is 48.0 Å². The lowest BCUT2D eigenvalue weighted by Gasteiger charge is -2.20.